The molecule has 3 aromatic rings. The molecule has 0 saturated heterocycles. The third-order valence-corrected chi connectivity index (χ3v) is 7.04. The smallest absolute Gasteiger partial charge is 0.263 e. The number of anilines is 1. The molecule has 7 nitrogen and oxygen atoms in total. The van der Waals surface area contributed by atoms with Crippen molar-refractivity contribution in [2.75, 3.05) is 11.1 Å². The van der Waals surface area contributed by atoms with Gasteiger partial charge in [-0.2, -0.15) is 0 Å². The van der Waals surface area contributed by atoms with Gasteiger partial charge < -0.3 is 4.52 Å². The van der Waals surface area contributed by atoms with Crippen LogP contribution in [0.25, 0.3) is 10.2 Å². The number of carbonyl (C=O) groups excluding carboxylic acids is 1. The molecule has 0 saturated carbocycles. The van der Waals surface area contributed by atoms with Crippen molar-refractivity contribution >= 4 is 45.1 Å². The first kappa shape index (κ1) is 19.2. The number of fused-ring (bicyclic) bond motifs is 3. The lowest BCUT2D eigenvalue weighted by Gasteiger charge is -2.17. The molecule has 4 rings (SSSR count). The summed E-state index contributed by atoms with van der Waals surface area (Å²) in [6.45, 7) is 6.49. The van der Waals surface area contributed by atoms with Gasteiger partial charge in [-0.15, -0.1) is 11.3 Å². The van der Waals surface area contributed by atoms with Crippen LogP contribution in [-0.2, 0) is 24.2 Å². The lowest BCUT2D eigenvalue weighted by atomic mass is 9.89. The average molecular weight is 419 g/mol. The predicted molar refractivity (Wildman–Crippen MR) is 111 cm³/mol. The van der Waals surface area contributed by atoms with Gasteiger partial charge in [0.15, 0.2) is 5.16 Å². The van der Waals surface area contributed by atoms with E-state index in [4.69, 9.17) is 9.51 Å². The number of amides is 1. The Morgan fingerprint density at radius 2 is 2.32 bits per heavy atom. The van der Waals surface area contributed by atoms with Crippen molar-refractivity contribution in [2.45, 2.75) is 51.7 Å². The zero-order chi connectivity index (χ0) is 19.8. The van der Waals surface area contributed by atoms with Gasteiger partial charge in [0.2, 0.25) is 11.8 Å². The van der Waals surface area contributed by atoms with Crippen LogP contribution in [0.5, 0.6) is 0 Å². The third kappa shape index (κ3) is 3.60. The Morgan fingerprint density at radius 3 is 3.04 bits per heavy atom. The Hall–Kier alpha value is -2.13. The van der Waals surface area contributed by atoms with Crippen molar-refractivity contribution < 1.29 is 9.32 Å². The molecule has 0 spiro atoms. The topological polar surface area (TPSA) is 90.0 Å². The first-order valence-corrected chi connectivity index (χ1v) is 11.2. The van der Waals surface area contributed by atoms with E-state index in [9.17, 15) is 9.59 Å². The van der Waals surface area contributed by atoms with Gasteiger partial charge in [0.05, 0.1) is 16.8 Å². The largest absolute Gasteiger partial charge is 0.338 e. The van der Waals surface area contributed by atoms with Crippen LogP contribution in [0.15, 0.2) is 20.5 Å². The zero-order valence-corrected chi connectivity index (χ0v) is 17.7. The summed E-state index contributed by atoms with van der Waals surface area (Å²) in [4.78, 5) is 32.2. The van der Waals surface area contributed by atoms with E-state index in [1.807, 2.05) is 6.92 Å². The van der Waals surface area contributed by atoms with Gasteiger partial charge in [-0.1, -0.05) is 23.8 Å². The molecule has 1 atom stereocenters. The molecular weight excluding hydrogens is 396 g/mol. The number of rotatable bonds is 5. The van der Waals surface area contributed by atoms with Crippen molar-refractivity contribution in [2.24, 2.45) is 5.92 Å². The summed E-state index contributed by atoms with van der Waals surface area (Å²) < 4.78 is 6.67. The van der Waals surface area contributed by atoms with Crippen LogP contribution in [0.2, 0.25) is 0 Å². The van der Waals surface area contributed by atoms with Crippen LogP contribution in [0.3, 0.4) is 0 Å². The van der Waals surface area contributed by atoms with E-state index >= 15 is 0 Å². The fourth-order valence-electron chi connectivity index (χ4n) is 3.52. The first-order chi connectivity index (χ1) is 13.5. The second-order valence-electron chi connectivity index (χ2n) is 7.15. The van der Waals surface area contributed by atoms with E-state index in [-0.39, 0.29) is 17.2 Å². The Bertz CT molecular complexity index is 1100. The fraction of sp³-hybridized carbons (Fsp3) is 0.474. The molecule has 28 heavy (non-hydrogen) atoms. The lowest BCUT2D eigenvalue weighted by Crippen LogP contribution is -2.24. The SMILES string of the molecule is CCn1c(SCC(=O)Nc2cc(C)no2)nc2sc3c(c2c1=O)CCC(C)C3. The minimum absolute atomic E-state index is 0.00770. The number of hydrogen-bond donors (Lipinski definition) is 1. The van der Waals surface area contributed by atoms with E-state index < -0.39 is 0 Å². The highest BCUT2D eigenvalue weighted by Crippen LogP contribution is 2.36. The fourth-order valence-corrected chi connectivity index (χ4v) is 5.81. The highest BCUT2D eigenvalue weighted by atomic mass is 32.2. The van der Waals surface area contributed by atoms with Gasteiger partial charge in [-0.05, 0) is 44.6 Å². The summed E-state index contributed by atoms with van der Waals surface area (Å²) in [6, 6.07) is 1.66. The first-order valence-electron chi connectivity index (χ1n) is 9.37. The van der Waals surface area contributed by atoms with Crippen molar-refractivity contribution in [1.29, 1.82) is 0 Å². The number of nitrogens with one attached hydrogen (secondary N) is 1. The van der Waals surface area contributed by atoms with E-state index in [1.54, 1.807) is 28.9 Å². The van der Waals surface area contributed by atoms with Gasteiger partial charge in [-0.3, -0.25) is 19.5 Å². The zero-order valence-electron chi connectivity index (χ0n) is 16.1. The molecule has 3 heterocycles. The maximum absolute atomic E-state index is 13.1. The van der Waals surface area contributed by atoms with Gasteiger partial charge >= 0.3 is 0 Å². The second kappa shape index (κ2) is 7.71. The molecule has 9 heteroatoms. The average Bonchev–Trinajstić information content (AvgIpc) is 3.22. The number of thiophene rings is 1. The second-order valence-corrected chi connectivity index (χ2v) is 9.17. The quantitative estimate of drug-likeness (QED) is 0.503. The molecule has 1 aliphatic rings. The summed E-state index contributed by atoms with van der Waals surface area (Å²) in [6.07, 6.45) is 3.08. The number of thioether (sulfide) groups is 1. The molecule has 1 amide bonds. The van der Waals surface area contributed by atoms with E-state index in [1.165, 1.54) is 22.2 Å². The molecule has 0 aliphatic heterocycles. The Balaban J connectivity index is 1.60. The van der Waals surface area contributed by atoms with Crippen molar-refractivity contribution in [3.63, 3.8) is 0 Å². The third-order valence-electron chi connectivity index (χ3n) is 4.92. The normalized spacial score (nSPS) is 16.3. The van der Waals surface area contributed by atoms with Crippen LogP contribution < -0.4 is 10.9 Å². The van der Waals surface area contributed by atoms with Gasteiger partial charge in [-0.25, -0.2) is 4.98 Å². The van der Waals surface area contributed by atoms with Crippen molar-refractivity contribution in [3.8, 4) is 0 Å². The minimum Gasteiger partial charge on any atom is -0.338 e. The molecule has 0 aromatic carbocycles. The Kier molecular flexibility index (Phi) is 5.29. The molecule has 0 bridgehead atoms. The summed E-state index contributed by atoms with van der Waals surface area (Å²) in [5, 5.41) is 7.77. The number of carbonyl (C=O) groups is 1. The van der Waals surface area contributed by atoms with E-state index in [0.29, 0.717) is 29.2 Å². The summed E-state index contributed by atoms with van der Waals surface area (Å²) in [7, 11) is 0. The summed E-state index contributed by atoms with van der Waals surface area (Å²) >= 11 is 2.89. The van der Waals surface area contributed by atoms with Crippen LogP contribution in [-0.4, -0.2) is 26.4 Å². The van der Waals surface area contributed by atoms with Gasteiger partial charge in [0, 0.05) is 17.5 Å². The monoisotopic (exact) mass is 418 g/mol. The number of aromatic nitrogens is 3. The minimum atomic E-state index is -0.225. The number of aryl methyl sites for hydroxylation is 2. The highest BCUT2D eigenvalue weighted by molar-refractivity contribution is 7.99. The Morgan fingerprint density at radius 1 is 1.50 bits per heavy atom. The summed E-state index contributed by atoms with van der Waals surface area (Å²) in [5.74, 6) is 0.878. The molecular formula is C19H22N4O3S2. The van der Waals surface area contributed by atoms with Gasteiger partial charge in [0.25, 0.3) is 5.56 Å². The summed E-state index contributed by atoms with van der Waals surface area (Å²) in [5.41, 5.74) is 1.90. The molecule has 0 radical (unpaired) electrons. The predicted octanol–water partition coefficient (Wildman–Crippen LogP) is 3.63. The van der Waals surface area contributed by atoms with Crippen LogP contribution in [0, 0.1) is 12.8 Å². The highest BCUT2D eigenvalue weighted by Gasteiger charge is 2.24. The lowest BCUT2D eigenvalue weighted by molar-refractivity contribution is -0.113. The van der Waals surface area contributed by atoms with Gasteiger partial charge in [0.1, 0.15) is 4.83 Å². The van der Waals surface area contributed by atoms with E-state index in [2.05, 4.69) is 17.4 Å². The maximum Gasteiger partial charge on any atom is 0.263 e. The van der Waals surface area contributed by atoms with Crippen LogP contribution in [0.1, 0.15) is 36.4 Å². The van der Waals surface area contributed by atoms with E-state index in [0.717, 1.165) is 29.5 Å². The van der Waals surface area contributed by atoms with Crippen molar-refractivity contribution in [3.05, 3.63) is 32.6 Å². The molecule has 3 aromatic heterocycles. The molecule has 0 fully saturated rings. The number of nitrogens with zero attached hydrogens (tertiary/aromatic N) is 3. The van der Waals surface area contributed by atoms with Crippen molar-refractivity contribution in [1.82, 2.24) is 14.7 Å². The standard InChI is InChI=1S/C19H22N4O3S2/c1-4-23-18(25)16-12-6-5-10(2)7-13(12)28-17(16)21-19(23)27-9-14(24)20-15-8-11(3)22-26-15/h8,10H,4-7,9H2,1-3H3,(H,20,24). The number of hydrogen-bond acceptors (Lipinski definition) is 7. The molecule has 148 valence electrons. The Labute approximate surface area is 170 Å². The van der Waals surface area contributed by atoms with Crippen LogP contribution in [0.4, 0.5) is 5.88 Å². The maximum atomic E-state index is 13.1. The molecule has 1 aliphatic carbocycles. The van der Waals surface area contributed by atoms with Crippen LogP contribution >= 0.6 is 23.1 Å². The molecule has 1 unspecified atom stereocenters. The molecule has 1 N–H and O–H groups in total.